The van der Waals surface area contributed by atoms with Gasteiger partial charge in [0.2, 0.25) is 0 Å². The lowest BCUT2D eigenvalue weighted by Gasteiger charge is -2.16. The van der Waals surface area contributed by atoms with Gasteiger partial charge in [0.15, 0.2) is 11.6 Å². The molecule has 1 nitrogen and oxygen atoms in total. The maximum absolute atomic E-state index is 13.6. The summed E-state index contributed by atoms with van der Waals surface area (Å²) < 4.78 is 26.8. The summed E-state index contributed by atoms with van der Waals surface area (Å²) in [5.41, 5.74) is -0.0503. The van der Waals surface area contributed by atoms with Crippen molar-refractivity contribution in [2.45, 2.75) is 32.3 Å². The standard InChI is InChI=1S/C15H16F2OS/c1-15(2,3)12-8-7-11(19-12)14(18)9-5-4-6-10(16)13(9)17/h4-8,14,18H,1-3H3. The largest absolute Gasteiger partial charge is 0.383 e. The molecule has 0 aliphatic rings. The maximum Gasteiger partial charge on any atom is 0.164 e. The van der Waals surface area contributed by atoms with Gasteiger partial charge in [0.25, 0.3) is 0 Å². The van der Waals surface area contributed by atoms with E-state index in [9.17, 15) is 13.9 Å². The molecular weight excluding hydrogens is 266 g/mol. The van der Waals surface area contributed by atoms with Crippen molar-refractivity contribution in [3.63, 3.8) is 0 Å². The lowest BCUT2D eigenvalue weighted by molar-refractivity contribution is 0.217. The van der Waals surface area contributed by atoms with Crippen LogP contribution in [0, 0.1) is 11.6 Å². The molecule has 1 atom stereocenters. The second-order valence-electron chi connectivity index (χ2n) is 5.50. The van der Waals surface area contributed by atoms with Crippen molar-refractivity contribution in [3.05, 3.63) is 57.3 Å². The molecule has 1 heterocycles. The van der Waals surface area contributed by atoms with Gasteiger partial charge in [-0.25, -0.2) is 8.78 Å². The van der Waals surface area contributed by atoms with Crippen LogP contribution in [0.1, 0.15) is 42.2 Å². The van der Waals surface area contributed by atoms with Crippen LogP contribution in [0.2, 0.25) is 0 Å². The van der Waals surface area contributed by atoms with E-state index in [1.165, 1.54) is 23.5 Å². The van der Waals surface area contributed by atoms with Crippen LogP contribution < -0.4 is 0 Å². The van der Waals surface area contributed by atoms with Crippen LogP contribution in [-0.4, -0.2) is 5.11 Å². The van der Waals surface area contributed by atoms with Crippen molar-refractivity contribution in [3.8, 4) is 0 Å². The highest BCUT2D eigenvalue weighted by molar-refractivity contribution is 7.12. The molecule has 0 aliphatic heterocycles. The number of aliphatic hydroxyl groups excluding tert-OH is 1. The number of rotatable bonds is 2. The Labute approximate surface area is 115 Å². The molecule has 2 aromatic rings. The fraction of sp³-hybridized carbons (Fsp3) is 0.333. The minimum Gasteiger partial charge on any atom is -0.383 e. The van der Waals surface area contributed by atoms with Crippen LogP contribution in [0.5, 0.6) is 0 Å². The van der Waals surface area contributed by atoms with E-state index in [0.29, 0.717) is 4.88 Å². The van der Waals surface area contributed by atoms with Gasteiger partial charge in [-0.3, -0.25) is 0 Å². The number of hydrogen-bond donors (Lipinski definition) is 1. The van der Waals surface area contributed by atoms with Gasteiger partial charge in [-0.2, -0.15) is 0 Å². The van der Waals surface area contributed by atoms with E-state index >= 15 is 0 Å². The highest BCUT2D eigenvalue weighted by atomic mass is 32.1. The molecule has 0 saturated heterocycles. The van der Waals surface area contributed by atoms with Gasteiger partial charge in [0.1, 0.15) is 6.10 Å². The van der Waals surface area contributed by atoms with Gasteiger partial charge in [0, 0.05) is 15.3 Å². The third-order valence-corrected chi connectivity index (χ3v) is 4.47. The minimum atomic E-state index is -1.13. The summed E-state index contributed by atoms with van der Waals surface area (Å²) in [5, 5.41) is 10.2. The van der Waals surface area contributed by atoms with Crippen LogP contribution in [-0.2, 0) is 5.41 Å². The molecule has 1 unspecified atom stereocenters. The van der Waals surface area contributed by atoms with Crippen LogP contribution in [0.4, 0.5) is 8.78 Å². The molecule has 1 aromatic carbocycles. The minimum absolute atomic E-state index is 0.0247. The van der Waals surface area contributed by atoms with E-state index < -0.39 is 17.7 Å². The summed E-state index contributed by atoms with van der Waals surface area (Å²) in [7, 11) is 0. The van der Waals surface area contributed by atoms with E-state index in [-0.39, 0.29) is 11.0 Å². The number of halogens is 2. The molecule has 0 aliphatic carbocycles. The summed E-state index contributed by atoms with van der Waals surface area (Å²) >= 11 is 1.42. The third-order valence-electron chi connectivity index (χ3n) is 2.91. The Hall–Kier alpha value is -1.26. The number of hydrogen-bond acceptors (Lipinski definition) is 2. The lowest BCUT2D eigenvalue weighted by Crippen LogP contribution is -2.08. The van der Waals surface area contributed by atoms with Crippen molar-refractivity contribution in [1.29, 1.82) is 0 Å². The highest BCUT2D eigenvalue weighted by Gasteiger charge is 2.22. The van der Waals surface area contributed by atoms with Crippen molar-refractivity contribution in [2.75, 3.05) is 0 Å². The van der Waals surface area contributed by atoms with E-state index in [0.717, 1.165) is 10.9 Å². The molecule has 0 bridgehead atoms. The van der Waals surface area contributed by atoms with Gasteiger partial charge < -0.3 is 5.11 Å². The van der Waals surface area contributed by atoms with E-state index in [1.807, 2.05) is 6.07 Å². The van der Waals surface area contributed by atoms with E-state index in [2.05, 4.69) is 20.8 Å². The fourth-order valence-electron chi connectivity index (χ4n) is 1.79. The second-order valence-corrected chi connectivity index (χ2v) is 6.61. The van der Waals surface area contributed by atoms with Crippen LogP contribution >= 0.6 is 11.3 Å². The third kappa shape index (κ3) is 2.85. The highest BCUT2D eigenvalue weighted by Crippen LogP contribution is 2.35. The van der Waals surface area contributed by atoms with Gasteiger partial charge in [-0.15, -0.1) is 11.3 Å². The average Bonchev–Trinajstić information content (AvgIpc) is 2.81. The quantitative estimate of drug-likeness (QED) is 0.865. The van der Waals surface area contributed by atoms with E-state index in [1.54, 1.807) is 6.07 Å². The van der Waals surface area contributed by atoms with Crippen molar-refractivity contribution in [1.82, 2.24) is 0 Å². The SMILES string of the molecule is CC(C)(C)c1ccc(C(O)c2cccc(F)c2F)s1. The summed E-state index contributed by atoms with van der Waals surface area (Å²) in [6, 6.07) is 7.52. The van der Waals surface area contributed by atoms with Crippen molar-refractivity contribution < 1.29 is 13.9 Å². The van der Waals surface area contributed by atoms with Crippen LogP contribution in [0.3, 0.4) is 0 Å². The predicted octanol–water partition coefficient (Wildman–Crippen LogP) is 4.41. The maximum atomic E-state index is 13.6. The molecule has 0 radical (unpaired) electrons. The zero-order chi connectivity index (χ0) is 14.2. The fourth-order valence-corrected chi connectivity index (χ4v) is 2.86. The summed E-state index contributed by atoms with van der Waals surface area (Å²) in [5.74, 6) is -1.93. The van der Waals surface area contributed by atoms with Gasteiger partial charge in [-0.05, 0) is 23.6 Å². The zero-order valence-electron chi connectivity index (χ0n) is 11.1. The van der Waals surface area contributed by atoms with Gasteiger partial charge in [-0.1, -0.05) is 32.9 Å². The first-order valence-corrected chi connectivity index (χ1v) is 6.84. The summed E-state index contributed by atoms with van der Waals surface area (Å²) in [6.45, 7) is 6.20. The lowest BCUT2D eigenvalue weighted by atomic mass is 9.95. The Kier molecular flexibility index (Phi) is 3.74. The van der Waals surface area contributed by atoms with E-state index in [4.69, 9.17) is 0 Å². The molecule has 2 rings (SSSR count). The molecule has 0 amide bonds. The molecule has 1 aromatic heterocycles. The molecule has 102 valence electrons. The Morgan fingerprint density at radius 1 is 1.11 bits per heavy atom. The zero-order valence-corrected chi connectivity index (χ0v) is 11.9. The van der Waals surface area contributed by atoms with Gasteiger partial charge >= 0.3 is 0 Å². The summed E-state index contributed by atoms with van der Waals surface area (Å²) in [4.78, 5) is 1.72. The molecule has 0 spiro atoms. The Bertz CT molecular complexity index is 584. The monoisotopic (exact) mass is 282 g/mol. The smallest absolute Gasteiger partial charge is 0.164 e. The molecule has 4 heteroatoms. The summed E-state index contributed by atoms with van der Waals surface area (Å²) in [6.07, 6.45) is -1.13. The Morgan fingerprint density at radius 3 is 2.37 bits per heavy atom. The Balaban J connectivity index is 2.37. The van der Waals surface area contributed by atoms with Crippen LogP contribution in [0.15, 0.2) is 30.3 Å². The molecule has 1 N–H and O–H groups in total. The first-order valence-electron chi connectivity index (χ1n) is 6.03. The van der Waals surface area contributed by atoms with Crippen molar-refractivity contribution >= 4 is 11.3 Å². The first kappa shape index (κ1) is 14.2. The van der Waals surface area contributed by atoms with Crippen LogP contribution in [0.25, 0.3) is 0 Å². The number of benzene rings is 1. The first-order chi connectivity index (χ1) is 8.80. The molecule has 0 saturated carbocycles. The Morgan fingerprint density at radius 2 is 1.79 bits per heavy atom. The number of thiophene rings is 1. The predicted molar refractivity (Wildman–Crippen MR) is 73.4 cm³/mol. The normalized spacial score (nSPS) is 13.6. The molecular formula is C15H16F2OS. The van der Waals surface area contributed by atoms with Gasteiger partial charge in [0.05, 0.1) is 0 Å². The van der Waals surface area contributed by atoms with Crippen molar-refractivity contribution in [2.24, 2.45) is 0 Å². The topological polar surface area (TPSA) is 20.2 Å². The number of aliphatic hydroxyl groups is 1. The average molecular weight is 282 g/mol. The second kappa shape index (κ2) is 5.02. The molecule has 0 fully saturated rings. The molecule has 19 heavy (non-hydrogen) atoms.